The number of carbonyl (C=O) groups is 4. The molecule has 0 aromatic carbocycles. The monoisotopic (exact) mass is 461 g/mol. The molecule has 2 atom stereocenters. The van der Waals surface area contributed by atoms with Crippen molar-refractivity contribution < 1.29 is 33.1 Å². The number of thiophene rings is 1. The van der Waals surface area contributed by atoms with Crippen LogP contribution in [0.3, 0.4) is 0 Å². The molecular weight excluding hydrogens is 438 g/mol. The number of amides is 3. The molecule has 2 aromatic rings. The molecule has 3 rings (SSSR count). The van der Waals surface area contributed by atoms with Crippen molar-refractivity contribution in [2.45, 2.75) is 32.4 Å². The third-order valence-electron chi connectivity index (χ3n) is 4.49. The minimum Gasteiger partial charge on any atom is -0.467 e. The lowest BCUT2D eigenvalue weighted by molar-refractivity contribution is -0.144. The van der Waals surface area contributed by atoms with Gasteiger partial charge in [-0.25, -0.2) is 9.59 Å². The summed E-state index contributed by atoms with van der Waals surface area (Å²) < 4.78 is 15.8. The van der Waals surface area contributed by atoms with E-state index in [1.165, 1.54) is 24.5 Å². The molecule has 10 nitrogen and oxygen atoms in total. The van der Waals surface area contributed by atoms with E-state index in [1.807, 2.05) is 11.4 Å². The maximum Gasteiger partial charge on any atom is 0.338 e. The van der Waals surface area contributed by atoms with Crippen LogP contribution in [0, 0.1) is 0 Å². The second kappa shape index (κ2) is 10.6. The highest BCUT2D eigenvalue weighted by Gasteiger charge is 2.35. The third kappa shape index (κ3) is 5.76. The van der Waals surface area contributed by atoms with Crippen LogP contribution in [-0.2, 0) is 23.9 Å². The van der Waals surface area contributed by atoms with Crippen molar-refractivity contribution in [2.75, 3.05) is 13.2 Å². The smallest absolute Gasteiger partial charge is 0.338 e. The van der Waals surface area contributed by atoms with E-state index in [-0.39, 0.29) is 36.8 Å². The molecule has 170 valence electrons. The Morgan fingerprint density at radius 2 is 2.06 bits per heavy atom. The quantitative estimate of drug-likeness (QED) is 0.488. The molecule has 0 bridgehead atoms. The normalized spacial score (nSPS) is 16.6. The summed E-state index contributed by atoms with van der Waals surface area (Å²) in [6.07, 6.45) is 1.30. The Hall–Kier alpha value is -3.60. The van der Waals surface area contributed by atoms with E-state index < -0.39 is 30.1 Å². The molecule has 1 aliphatic heterocycles. The summed E-state index contributed by atoms with van der Waals surface area (Å²) in [6.45, 7) is 2.77. The van der Waals surface area contributed by atoms with E-state index in [0.717, 1.165) is 4.88 Å². The van der Waals surface area contributed by atoms with E-state index in [2.05, 4.69) is 16.0 Å². The van der Waals surface area contributed by atoms with Gasteiger partial charge in [-0.15, -0.1) is 11.3 Å². The molecule has 0 spiro atoms. The number of ether oxygens (including phenoxy) is 2. The summed E-state index contributed by atoms with van der Waals surface area (Å²) in [6, 6.07) is 4.83. The largest absolute Gasteiger partial charge is 0.467 e. The van der Waals surface area contributed by atoms with E-state index >= 15 is 0 Å². The number of nitrogens with one attached hydrogen (secondary N) is 3. The topological polar surface area (TPSA) is 136 Å². The van der Waals surface area contributed by atoms with Crippen molar-refractivity contribution in [1.29, 1.82) is 0 Å². The average molecular weight is 461 g/mol. The Balaban J connectivity index is 1.78. The molecule has 3 heterocycles. The Kier molecular flexibility index (Phi) is 7.66. The number of carbonyl (C=O) groups excluding carboxylic acids is 4. The van der Waals surface area contributed by atoms with Gasteiger partial charge in [0.1, 0.15) is 18.4 Å². The van der Waals surface area contributed by atoms with Gasteiger partial charge in [-0.1, -0.05) is 6.07 Å². The Labute approximate surface area is 187 Å². The predicted molar refractivity (Wildman–Crippen MR) is 113 cm³/mol. The van der Waals surface area contributed by atoms with E-state index in [4.69, 9.17) is 13.9 Å². The molecule has 0 radical (unpaired) electrons. The van der Waals surface area contributed by atoms with E-state index in [1.54, 1.807) is 25.1 Å². The number of rotatable bonds is 9. The van der Waals surface area contributed by atoms with Crippen LogP contribution in [-0.4, -0.2) is 37.1 Å². The zero-order valence-electron chi connectivity index (χ0n) is 17.5. The maximum atomic E-state index is 12.6. The molecule has 32 heavy (non-hydrogen) atoms. The van der Waals surface area contributed by atoms with Crippen molar-refractivity contribution in [3.8, 4) is 0 Å². The molecule has 0 saturated heterocycles. The molecule has 11 heteroatoms. The van der Waals surface area contributed by atoms with Crippen molar-refractivity contribution in [1.82, 2.24) is 16.0 Å². The molecule has 2 aromatic heterocycles. The molecule has 0 aliphatic carbocycles. The van der Waals surface area contributed by atoms with Gasteiger partial charge >= 0.3 is 18.0 Å². The summed E-state index contributed by atoms with van der Waals surface area (Å²) in [4.78, 5) is 49.6. The number of furan rings is 1. The molecule has 3 N–H and O–H groups in total. The third-order valence-corrected chi connectivity index (χ3v) is 5.48. The first-order chi connectivity index (χ1) is 15.4. The lowest BCUT2D eigenvalue weighted by Gasteiger charge is -2.27. The summed E-state index contributed by atoms with van der Waals surface area (Å²) in [5.74, 6) is -1.25. The zero-order chi connectivity index (χ0) is 23.1. The van der Waals surface area contributed by atoms with Gasteiger partial charge in [0.2, 0.25) is 5.91 Å². The summed E-state index contributed by atoms with van der Waals surface area (Å²) in [7, 11) is 0. The van der Waals surface area contributed by atoms with Crippen molar-refractivity contribution in [2.24, 2.45) is 0 Å². The van der Waals surface area contributed by atoms with Crippen LogP contribution in [0.25, 0.3) is 0 Å². The Bertz CT molecular complexity index is 999. The van der Waals surface area contributed by atoms with Gasteiger partial charge in [0, 0.05) is 11.8 Å². The highest BCUT2D eigenvalue weighted by Crippen LogP contribution is 2.28. The minimum absolute atomic E-state index is 0.0749. The van der Waals surface area contributed by atoms with Crippen LogP contribution in [0.5, 0.6) is 0 Å². The van der Waals surface area contributed by atoms with Crippen LogP contribution in [0.15, 0.2) is 51.6 Å². The van der Waals surface area contributed by atoms with Gasteiger partial charge in [-0.2, -0.15) is 0 Å². The van der Waals surface area contributed by atoms with Crippen molar-refractivity contribution in [3.05, 3.63) is 57.8 Å². The first kappa shape index (κ1) is 23.1. The number of hydrogen-bond donors (Lipinski definition) is 3. The maximum absolute atomic E-state index is 12.6. The van der Waals surface area contributed by atoms with Crippen LogP contribution in [0.1, 0.15) is 43.0 Å². The number of hydrogen-bond acceptors (Lipinski definition) is 8. The van der Waals surface area contributed by atoms with Crippen LogP contribution in [0.2, 0.25) is 0 Å². The highest BCUT2D eigenvalue weighted by atomic mass is 32.1. The van der Waals surface area contributed by atoms with Gasteiger partial charge in [-0.05, 0) is 30.5 Å². The first-order valence-electron chi connectivity index (χ1n) is 9.86. The SMILES string of the molecule is CCOC(=O)C1=C(COC(=O)CC(NC(C)=O)c2cccs2)NC(=O)NC1c1ccco1. The summed E-state index contributed by atoms with van der Waals surface area (Å²) >= 11 is 1.40. The zero-order valence-corrected chi connectivity index (χ0v) is 18.3. The number of urea groups is 1. The predicted octanol–water partition coefficient (Wildman–Crippen LogP) is 2.32. The average Bonchev–Trinajstić information content (AvgIpc) is 3.45. The molecular formula is C21H23N3O7S. The molecule has 0 fully saturated rings. The van der Waals surface area contributed by atoms with E-state index in [9.17, 15) is 19.2 Å². The van der Waals surface area contributed by atoms with E-state index in [0.29, 0.717) is 5.76 Å². The van der Waals surface area contributed by atoms with Crippen molar-refractivity contribution >= 4 is 35.2 Å². The number of esters is 2. The fourth-order valence-electron chi connectivity index (χ4n) is 3.19. The first-order valence-corrected chi connectivity index (χ1v) is 10.7. The highest BCUT2D eigenvalue weighted by molar-refractivity contribution is 7.10. The summed E-state index contributed by atoms with van der Waals surface area (Å²) in [5.41, 5.74) is 0.167. The molecule has 3 amide bonds. The van der Waals surface area contributed by atoms with Gasteiger partial charge in [-0.3, -0.25) is 9.59 Å². The lowest BCUT2D eigenvalue weighted by atomic mass is 10.0. The fraction of sp³-hybridized carbons (Fsp3) is 0.333. The molecule has 2 unspecified atom stereocenters. The Morgan fingerprint density at radius 3 is 2.69 bits per heavy atom. The van der Waals surface area contributed by atoms with Gasteiger partial charge < -0.3 is 29.8 Å². The second-order valence-electron chi connectivity index (χ2n) is 6.79. The summed E-state index contributed by atoms with van der Waals surface area (Å²) in [5, 5.41) is 9.68. The molecule has 1 aliphatic rings. The van der Waals surface area contributed by atoms with Crippen LogP contribution < -0.4 is 16.0 Å². The minimum atomic E-state index is -0.898. The second-order valence-corrected chi connectivity index (χ2v) is 7.77. The van der Waals surface area contributed by atoms with Crippen molar-refractivity contribution in [3.63, 3.8) is 0 Å². The van der Waals surface area contributed by atoms with Crippen LogP contribution in [0.4, 0.5) is 4.79 Å². The standard InChI is InChI=1S/C21H23N3O7S/c1-3-29-20(27)18-14(23-21(28)24-19(18)15-6-4-8-30-15)11-31-17(26)10-13(22-12(2)25)16-7-5-9-32-16/h4-9,13,19H,3,10-11H2,1-2H3,(H,22,25)(H2,23,24,28). The Morgan fingerprint density at radius 1 is 1.25 bits per heavy atom. The van der Waals surface area contributed by atoms with Crippen LogP contribution >= 0.6 is 11.3 Å². The van der Waals surface area contributed by atoms with Gasteiger partial charge in [0.25, 0.3) is 0 Å². The van der Waals surface area contributed by atoms with Gasteiger partial charge in [0.05, 0.1) is 36.6 Å². The fourth-order valence-corrected chi connectivity index (χ4v) is 3.96. The molecule has 0 saturated carbocycles. The lowest BCUT2D eigenvalue weighted by Crippen LogP contribution is -2.47. The van der Waals surface area contributed by atoms with Gasteiger partial charge in [0.15, 0.2) is 0 Å².